The Labute approximate surface area is 151 Å². The molecule has 0 saturated carbocycles. The SMILES string of the molecule is N#Cc1ccc(Nc2cc(C(=O)NCCN3CCOCC3)ncn2)cc1. The lowest BCUT2D eigenvalue weighted by molar-refractivity contribution is 0.0383. The fourth-order valence-corrected chi connectivity index (χ4v) is 2.57. The van der Waals surface area contributed by atoms with E-state index >= 15 is 0 Å². The van der Waals surface area contributed by atoms with Crippen LogP contribution in [0.3, 0.4) is 0 Å². The van der Waals surface area contributed by atoms with E-state index in [0.29, 0.717) is 23.6 Å². The second kappa shape index (κ2) is 8.89. The third-order valence-electron chi connectivity index (χ3n) is 4.00. The van der Waals surface area contributed by atoms with Crippen molar-refractivity contribution >= 4 is 17.4 Å². The summed E-state index contributed by atoms with van der Waals surface area (Å²) in [5.74, 6) is 0.284. The van der Waals surface area contributed by atoms with Gasteiger partial charge in [-0.2, -0.15) is 5.26 Å². The number of hydrogen-bond donors (Lipinski definition) is 2. The van der Waals surface area contributed by atoms with E-state index in [1.165, 1.54) is 6.33 Å². The van der Waals surface area contributed by atoms with Crippen molar-refractivity contribution in [2.75, 3.05) is 44.7 Å². The summed E-state index contributed by atoms with van der Waals surface area (Å²) in [6.45, 7) is 4.61. The van der Waals surface area contributed by atoms with E-state index in [4.69, 9.17) is 10.00 Å². The monoisotopic (exact) mass is 352 g/mol. The van der Waals surface area contributed by atoms with Gasteiger partial charge in [-0.15, -0.1) is 0 Å². The molecule has 26 heavy (non-hydrogen) atoms. The van der Waals surface area contributed by atoms with Crippen molar-refractivity contribution in [2.24, 2.45) is 0 Å². The van der Waals surface area contributed by atoms with Crippen LogP contribution in [0.2, 0.25) is 0 Å². The Hall–Kier alpha value is -3.02. The Balaban J connectivity index is 1.53. The lowest BCUT2D eigenvalue weighted by atomic mass is 10.2. The molecule has 1 fully saturated rings. The van der Waals surface area contributed by atoms with Gasteiger partial charge >= 0.3 is 0 Å². The Morgan fingerprint density at radius 2 is 2.00 bits per heavy atom. The van der Waals surface area contributed by atoms with Gasteiger partial charge in [-0.25, -0.2) is 9.97 Å². The van der Waals surface area contributed by atoms with E-state index in [1.807, 2.05) is 0 Å². The molecule has 1 amide bonds. The molecule has 1 aliphatic heterocycles. The molecule has 0 bridgehead atoms. The standard InChI is InChI=1S/C18H20N6O2/c19-12-14-1-3-15(4-2-14)23-17-11-16(21-13-22-17)18(25)20-5-6-24-7-9-26-10-8-24/h1-4,11,13H,5-10H2,(H,20,25)(H,21,22,23). The molecular weight excluding hydrogens is 332 g/mol. The third-order valence-corrected chi connectivity index (χ3v) is 4.00. The number of hydrogen-bond acceptors (Lipinski definition) is 7. The predicted molar refractivity (Wildman–Crippen MR) is 96.1 cm³/mol. The van der Waals surface area contributed by atoms with Gasteiger partial charge in [-0.1, -0.05) is 0 Å². The van der Waals surface area contributed by atoms with Crippen LogP contribution in [-0.2, 0) is 4.74 Å². The van der Waals surface area contributed by atoms with Crippen LogP contribution in [0.25, 0.3) is 0 Å². The number of ether oxygens (including phenoxy) is 1. The molecule has 0 spiro atoms. The van der Waals surface area contributed by atoms with Crippen molar-refractivity contribution in [3.05, 3.63) is 47.9 Å². The fraction of sp³-hybridized carbons (Fsp3) is 0.333. The molecular formula is C18H20N6O2. The first-order valence-corrected chi connectivity index (χ1v) is 8.42. The number of nitriles is 1. The summed E-state index contributed by atoms with van der Waals surface area (Å²) in [5, 5.41) is 14.8. The molecule has 2 aromatic rings. The zero-order valence-corrected chi connectivity index (χ0v) is 14.3. The van der Waals surface area contributed by atoms with Crippen LogP contribution in [0.5, 0.6) is 0 Å². The van der Waals surface area contributed by atoms with Crippen LogP contribution < -0.4 is 10.6 Å². The largest absolute Gasteiger partial charge is 0.379 e. The van der Waals surface area contributed by atoms with Crippen LogP contribution in [0.15, 0.2) is 36.7 Å². The maximum absolute atomic E-state index is 12.3. The molecule has 8 nitrogen and oxygen atoms in total. The van der Waals surface area contributed by atoms with E-state index < -0.39 is 0 Å². The molecule has 8 heteroatoms. The summed E-state index contributed by atoms with van der Waals surface area (Å²) in [7, 11) is 0. The van der Waals surface area contributed by atoms with E-state index in [2.05, 4.69) is 31.6 Å². The highest BCUT2D eigenvalue weighted by molar-refractivity contribution is 5.92. The summed E-state index contributed by atoms with van der Waals surface area (Å²) in [6, 6.07) is 10.7. The number of benzene rings is 1. The van der Waals surface area contributed by atoms with E-state index in [-0.39, 0.29) is 5.91 Å². The molecule has 1 saturated heterocycles. The highest BCUT2D eigenvalue weighted by atomic mass is 16.5. The zero-order chi connectivity index (χ0) is 18.2. The lowest BCUT2D eigenvalue weighted by Gasteiger charge is -2.26. The number of nitrogens with zero attached hydrogens (tertiary/aromatic N) is 4. The molecule has 1 aromatic heterocycles. The van der Waals surface area contributed by atoms with E-state index in [0.717, 1.165) is 38.5 Å². The normalized spacial score (nSPS) is 14.4. The number of aromatic nitrogens is 2. The van der Waals surface area contributed by atoms with Crippen molar-refractivity contribution in [1.82, 2.24) is 20.2 Å². The highest BCUT2D eigenvalue weighted by Gasteiger charge is 2.12. The minimum absolute atomic E-state index is 0.233. The number of morpholine rings is 1. The van der Waals surface area contributed by atoms with Crippen LogP contribution >= 0.6 is 0 Å². The number of anilines is 2. The van der Waals surface area contributed by atoms with E-state index in [1.54, 1.807) is 30.3 Å². The fourth-order valence-electron chi connectivity index (χ4n) is 2.57. The van der Waals surface area contributed by atoms with Crippen molar-refractivity contribution in [2.45, 2.75) is 0 Å². The van der Waals surface area contributed by atoms with Gasteiger partial charge in [0.2, 0.25) is 0 Å². The summed E-state index contributed by atoms with van der Waals surface area (Å²) in [5.41, 5.74) is 1.66. The second-order valence-electron chi connectivity index (χ2n) is 5.81. The van der Waals surface area contributed by atoms with Crippen molar-refractivity contribution in [3.63, 3.8) is 0 Å². The molecule has 2 N–H and O–H groups in total. The van der Waals surface area contributed by atoms with Gasteiger partial charge in [-0.3, -0.25) is 9.69 Å². The topological polar surface area (TPSA) is 103 Å². The van der Waals surface area contributed by atoms with Gasteiger partial charge in [0, 0.05) is 37.9 Å². The molecule has 0 radical (unpaired) electrons. The number of carbonyl (C=O) groups excluding carboxylic acids is 1. The predicted octanol–water partition coefficient (Wildman–Crippen LogP) is 1.15. The average Bonchev–Trinajstić information content (AvgIpc) is 2.69. The summed E-state index contributed by atoms with van der Waals surface area (Å²) < 4.78 is 5.30. The smallest absolute Gasteiger partial charge is 0.270 e. The van der Waals surface area contributed by atoms with E-state index in [9.17, 15) is 4.79 Å². The maximum Gasteiger partial charge on any atom is 0.270 e. The first-order valence-electron chi connectivity index (χ1n) is 8.42. The lowest BCUT2D eigenvalue weighted by Crippen LogP contribution is -2.41. The van der Waals surface area contributed by atoms with Gasteiger partial charge < -0.3 is 15.4 Å². The van der Waals surface area contributed by atoms with Crippen LogP contribution in [0, 0.1) is 11.3 Å². The maximum atomic E-state index is 12.3. The third kappa shape index (κ3) is 4.99. The van der Waals surface area contributed by atoms with Crippen molar-refractivity contribution in [1.29, 1.82) is 5.26 Å². The number of nitrogens with one attached hydrogen (secondary N) is 2. The summed E-state index contributed by atoms with van der Waals surface area (Å²) in [4.78, 5) is 22.7. The van der Waals surface area contributed by atoms with Gasteiger partial charge in [0.25, 0.3) is 5.91 Å². The number of carbonyl (C=O) groups is 1. The Morgan fingerprint density at radius 3 is 2.73 bits per heavy atom. The second-order valence-corrected chi connectivity index (χ2v) is 5.81. The molecule has 0 unspecified atom stereocenters. The zero-order valence-electron chi connectivity index (χ0n) is 14.3. The Bertz CT molecular complexity index is 781. The van der Waals surface area contributed by atoms with Crippen LogP contribution in [-0.4, -0.2) is 60.2 Å². The number of amides is 1. The molecule has 0 aliphatic carbocycles. The highest BCUT2D eigenvalue weighted by Crippen LogP contribution is 2.15. The Kier molecular flexibility index (Phi) is 6.09. The first-order chi connectivity index (χ1) is 12.7. The summed E-state index contributed by atoms with van der Waals surface area (Å²) in [6.07, 6.45) is 1.35. The Morgan fingerprint density at radius 1 is 1.23 bits per heavy atom. The molecule has 134 valence electrons. The first kappa shape index (κ1) is 17.8. The minimum Gasteiger partial charge on any atom is -0.379 e. The van der Waals surface area contributed by atoms with Gasteiger partial charge in [0.05, 0.1) is 24.8 Å². The summed E-state index contributed by atoms with van der Waals surface area (Å²) >= 11 is 0. The van der Waals surface area contributed by atoms with Crippen molar-refractivity contribution < 1.29 is 9.53 Å². The molecule has 0 atom stereocenters. The molecule has 1 aliphatic rings. The van der Waals surface area contributed by atoms with Gasteiger partial charge in [0.15, 0.2) is 0 Å². The van der Waals surface area contributed by atoms with Crippen LogP contribution in [0.4, 0.5) is 11.5 Å². The minimum atomic E-state index is -0.233. The van der Waals surface area contributed by atoms with Gasteiger partial charge in [0.1, 0.15) is 17.8 Å². The molecule has 3 rings (SSSR count). The van der Waals surface area contributed by atoms with Crippen LogP contribution in [0.1, 0.15) is 16.1 Å². The molecule has 1 aromatic carbocycles. The average molecular weight is 352 g/mol. The molecule has 2 heterocycles. The van der Waals surface area contributed by atoms with Crippen molar-refractivity contribution in [3.8, 4) is 6.07 Å². The van der Waals surface area contributed by atoms with Gasteiger partial charge in [-0.05, 0) is 24.3 Å². The number of rotatable bonds is 6. The quantitative estimate of drug-likeness (QED) is 0.804.